The molecule has 0 amide bonds. The van der Waals surface area contributed by atoms with Crippen LogP contribution in [-0.4, -0.2) is 17.5 Å². The van der Waals surface area contributed by atoms with Crippen LogP contribution in [0.5, 0.6) is 0 Å². The third kappa shape index (κ3) is 9.46. The molecule has 1 rings (SSSR count). The molecule has 0 saturated heterocycles. The highest BCUT2D eigenvalue weighted by Crippen LogP contribution is 2.24. The first-order valence-electron chi connectivity index (χ1n) is 9.39. The van der Waals surface area contributed by atoms with Crippen LogP contribution in [-0.2, 0) is 10.8 Å². The summed E-state index contributed by atoms with van der Waals surface area (Å²) < 4.78 is 13.0. The predicted octanol–water partition coefficient (Wildman–Crippen LogP) is 6.64. The van der Waals surface area contributed by atoms with E-state index >= 15 is 0 Å². The second kappa shape index (κ2) is 11.2. The maximum atomic E-state index is 13.0. The van der Waals surface area contributed by atoms with Gasteiger partial charge in [0.2, 0.25) is 0 Å². The van der Waals surface area contributed by atoms with Crippen LogP contribution in [0.3, 0.4) is 0 Å². The fraction of sp³-hybridized carbons (Fsp3) is 0.700. The molecule has 0 aromatic heterocycles. The van der Waals surface area contributed by atoms with Crippen molar-refractivity contribution in [2.75, 3.05) is 0 Å². The molecule has 0 N–H and O–H groups in total. The summed E-state index contributed by atoms with van der Waals surface area (Å²) in [5.41, 5.74) is 0. The standard InChI is InChI=1S/C20H36OSSi/c1-5-6-7-8-9-11-16-20(17-18-23(2,3)4)22(21)19-14-12-10-13-15-19/h10,12-15,20H,5-9,11,16-18H2,1-4H3. The van der Waals surface area contributed by atoms with Gasteiger partial charge in [0.15, 0.2) is 0 Å². The molecule has 0 heterocycles. The van der Waals surface area contributed by atoms with E-state index in [1.54, 1.807) is 0 Å². The molecule has 0 bridgehead atoms. The third-order valence-corrected chi connectivity index (χ3v) is 7.98. The molecular weight excluding hydrogens is 316 g/mol. The van der Waals surface area contributed by atoms with Crippen molar-refractivity contribution in [1.29, 1.82) is 0 Å². The number of hydrogen-bond acceptors (Lipinski definition) is 1. The van der Waals surface area contributed by atoms with Crippen molar-refractivity contribution in [1.82, 2.24) is 0 Å². The zero-order chi connectivity index (χ0) is 17.1. The predicted molar refractivity (Wildman–Crippen MR) is 107 cm³/mol. The maximum Gasteiger partial charge on any atom is 0.0560 e. The molecule has 1 nitrogen and oxygen atoms in total. The van der Waals surface area contributed by atoms with Crippen LogP contribution in [0.4, 0.5) is 0 Å². The molecular formula is C20H36OSSi. The minimum Gasteiger partial charge on any atom is -0.254 e. The molecule has 0 aliphatic rings. The maximum absolute atomic E-state index is 13.0. The highest BCUT2D eigenvalue weighted by atomic mass is 32.2. The van der Waals surface area contributed by atoms with Crippen molar-refractivity contribution >= 4 is 18.9 Å². The van der Waals surface area contributed by atoms with Gasteiger partial charge in [-0.05, 0) is 25.0 Å². The smallest absolute Gasteiger partial charge is 0.0560 e. The second-order valence-electron chi connectivity index (χ2n) is 7.89. The van der Waals surface area contributed by atoms with Crippen molar-refractivity contribution in [2.45, 2.75) is 94.1 Å². The SMILES string of the molecule is CCCCCCCCC(CC[Si](C)(C)C)S(=O)c1ccccc1. The van der Waals surface area contributed by atoms with Crippen LogP contribution in [0.1, 0.15) is 58.3 Å². The highest BCUT2D eigenvalue weighted by Gasteiger charge is 2.22. The fourth-order valence-corrected chi connectivity index (χ4v) is 5.80. The van der Waals surface area contributed by atoms with Crippen molar-refractivity contribution in [2.24, 2.45) is 0 Å². The molecule has 0 aliphatic carbocycles. The number of unbranched alkanes of at least 4 members (excludes halogenated alkanes) is 5. The number of benzene rings is 1. The normalized spacial score (nSPS) is 14.6. The van der Waals surface area contributed by atoms with E-state index in [9.17, 15) is 4.21 Å². The Bertz CT molecular complexity index is 439. The van der Waals surface area contributed by atoms with Gasteiger partial charge >= 0.3 is 0 Å². The molecule has 0 saturated carbocycles. The molecule has 2 atom stereocenters. The Morgan fingerprint density at radius 1 is 0.913 bits per heavy atom. The molecule has 132 valence electrons. The molecule has 0 fully saturated rings. The minimum atomic E-state index is -1.07. The average Bonchev–Trinajstić information content (AvgIpc) is 2.53. The van der Waals surface area contributed by atoms with E-state index in [0.717, 1.165) is 17.7 Å². The fourth-order valence-electron chi connectivity index (χ4n) is 2.85. The Labute approximate surface area is 147 Å². The summed E-state index contributed by atoms with van der Waals surface area (Å²) in [4.78, 5) is 1.01. The van der Waals surface area contributed by atoms with Gasteiger partial charge in [0.1, 0.15) is 0 Å². The second-order valence-corrected chi connectivity index (χ2v) is 15.2. The Kier molecular flexibility index (Phi) is 10.0. The molecule has 0 aliphatic heterocycles. The van der Waals surface area contributed by atoms with Gasteiger partial charge in [0.25, 0.3) is 0 Å². The van der Waals surface area contributed by atoms with Gasteiger partial charge in [-0.15, -0.1) is 0 Å². The lowest BCUT2D eigenvalue weighted by Gasteiger charge is -2.21. The Morgan fingerprint density at radius 2 is 1.52 bits per heavy atom. The van der Waals surface area contributed by atoms with Crippen molar-refractivity contribution in [3.05, 3.63) is 30.3 Å². The first-order valence-corrected chi connectivity index (χ1v) is 14.3. The zero-order valence-corrected chi connectivity index (χ0v) is 17.5. The summed E-state index contributed by atoms with van der Waals surface area (Å²) in [6.07, 6.45) is 10.1. The van der Waals surface area contributed by atoms with E-state index in [1.165, 1.54) is 44.6 Å². The van der Waals surface area contributed by atoms with E-state index in [1.807, 2.05) is 30.3 Å². The summed E-state index contributed by atoms with van der Waals surface area (Å²) in [5.74, 6) is 0. The van der Waals surface area contributed by atoms with Crippen molar-refractivity contribution < 1.29 is 4.21 Å². The molecule has 0 spiro atoms. The first-order chi connectivity index (χ1) is 10.9. The summed E-state index contributed by atoms with van der Waals surface area (Å²) in [5, 5.41) is 0.343. The number of hydrogen-bond donors (Lipinski definition) is 0. The topological polar surface area (TPSA) is 17.1 Å². The van der Waals surface area contributed by atoms with Crippen LogP contribution >= 0.6 is 0 Å². The lowest BCUT2D eigenvalue weighted by molar-refractivity contribution is 0.568. The summed E-state index contributed by atoms with van der Waals surface area (Å²) in [6, 6.07) is 11.4. The van der Waals surface area contributed by atoms with Gasteiger partial charge in [-0.25, -0.2) is 0 Å². The van der Waals surface area contributed by atoms with Crippen LogP contribution in [0.25, 0.3) is 0 Å². The van der Waals surface area contributed by atoms with E-state index < -0.39 is 18.9 Å². The van der Waals surface area contributed by atoms with Gasteiger partial charge in [-0.1, -0.05) is 89.3 Å². The quantitative estimate of drug-likeness (QED) is 0.304. The van der Waals surface area contributed by atoms with Gasteiger partial charge < -0.3 is 0 Å². The van der Waals surface area contributed by atoms with Crippen LogP contribution in [0.2, 0.25) is 25.7 Å². The van der Waals surface area contributed by atoms with Crippen molar-refractivity contribution in [3.8, 4) is 0 Å². The van der Waals surface area contributed by atoms with Crippen LogP contribution < -0.4 is 0 Å². The molecule has 2 unspecified atom stereocenters. The monoisotopic (exact) mass is 352 g/mol. The van der Waals surface area contributed by atoms with Gasteiger partial charge in [0, 0.05) is 18.2 Å². The van der Waals surface area contributed by atoms with E-state index in [2.05, 4.69) is 26.6 Å². The van der Waals surface area contributed by atoms with Crippen LogP contribution in [0.15, 0.2) is 35.2 Å². The Balaban J connectivity index is 2.53. The summed E-state index contributed by atoms with van der Waals surface area (Å²) in [7, 11) is -1.91. The van der Waals surface area contributed by atoms with Gasteiger partial charge in [-0.3, -0.25) is 4.21 Å². The highest BCUT2D eigenvalue weighted by molar-refractivity contribution is 7.85. The molecule has 0 radical (unpaired) electrons. The van der Waals surface area contributed by atoms with Crippen LogP contribution in [0, 0.1) is 0 Å². The molecule has 23 heavy (non-hydrogen) atoms. The largest absolute Gasteiger partial charge is 0.254 e. The van der Waals surface area contributed by atoms with Crippen molar-refractivity contribution in [3.63, 3.8) is 0 Å². The third-order valence-electron chi connectivity index (χ3n) is 4.37. The van der Waals surface area contributed by atoms with E-state index in [4.69, 9.17) is 0 Å². The summed E-state index contributed by atoms with van der Waals surface area (Å²) in [6.45, 7) is 9.51. The molecule has 3 heteroatoms. The average molecular weight is 353 g/mol. The lowest BCUT2D eigenvalue weighted by Crippen LogP contribution is -2.24. The van der Waals surface area contributed by atoms with Gasteiger partial charge in [0.05, 0.1) is 10.8 Å². The Morgan fingerprint density at radius 3 is 2.13 bits per heavy atom. The minimum absolute atomic E-state index is 0.343. The summed E-state index contributed by atoms with van der Waals surface area (Å²) >= 11 is 0. The number of rotatable bonds is 12. The van der Waals surface area contributed by atoms with Gasteiger partial charge in [-0.2, -0.15) is 0 Å². The Hall–Kier alpha value is -0.413. The molecule has 1 aromatic carbocycles. The zero-order valence-electron chi connectivity index (χ0n) is 15.6. The molecule has 1 aromatic rings. The van der Waals surface area contributed by atoms with E-state index in [-0.39, 0.29) is 0 Å². The lowest BCUT2D eigenvalue weighted by atomic mass is 10.1. The van der Waals surface area contributed by atoms with E-state index in [0.29, 0.717) is 5.25 Å². The first kappa shape index (κ1) is 20.6.